The van der Waals surface area contributed by atoms with Crippen LogP contribution in [0.25, 0.3) is 0 Å². The van der Waals surface area contributed by atoms with E-state index < -0.39 is 35.3 Å². The molecule has 160 valence electrons. The van der Waals surface area contributed by atoms with Crippen molar-refractivity contribution in [3.05, 3.63) is 28.3 Å². The molecule has 1 aromatic carbocycles. The van der Waals surface area contributed by atoms with E-state index in [1.165, 1.54) is 4.90 Å². The molecular formula is C21H24ClN3O5. The first-order chi connectivity index (χ1) is 14.2. The molecule has 30 heavy (non-hydrogen) atoms. The minimum atomic E-state index is -1.44. The average molecular weight is 434 g/mol. The van der Waals surface area contributed by atoms with E-state index in [0.29, 0.717) is 29.2 Å². The van der Waals surface area contributed by atoms with E-state index in [-0.39, 0.29) is 24.7 Å². The van der Waals surface area contributed by atoms with Crippen molar-refractivity contribution >= 4 is 41.0 Å². The molecule has 8 nitrogen and oxygen atoms in total. The zero-order valence-electron chi connectivity index (χ0n) is 16.8. The Morgan fingerprint density at radius 2 is 2.00 bits per heavy atom. The molecular weight excluding hydrogens is 410 g/mol. The quantitative estimate of drug-likeness (QED) is 0.591. The van der Waals surface area contributed by atoms with Crippen LogP contribution in [0.5, 0.6) is 0 Å². The summed E-state index contributed by atoms with van der Waals surface area (Å²) in [6.07, 6.45) is 1.46. The maximum absolute atomic E-state index is 13.4. The zero-order valence-corrected chi connectivity index (χ0v) is 17.6. The van der Waals surface area contributed by atoms with Crippen LogP contribution in [0.4, 0.5) is 5.69 Å². The van der Waals surface area contributed by atoms with Crippen molar-refractivity contribution in [2.24, 2.45) is 11.8 Å². The zero-order chi connectivity index (χ0) is 21.8. The molecule has 2 saturated heterocycles. The number of carboxylic acid groups (broad SMARTS) is 1. The van der Waals surface area contributed by atoms with Gasteiger partial charge in [0.25, 0.3) is 0 Å². The Kier molecular flexibility index (Phi) is 5.10. The number of aryl methyl sites for hydroxylation is 1. The minimum Gasteiger partial charge on any atom is -0.481 e. The molecule has 0 bridgehead atoms. The number of unbranched alkanes of at least 4 members (excludes halogenated alkanes) is 1. The number of imide groups is 1. The van der Waals surface area contributed by atoms with Gasteiger partial charge in [0.2, 0.25) is 17.7 Å². The summed E-state index contributed by atoms with van der Waals surface area (Å²) in [5.74, 6) is -3.84. The van der Waals surface area contributed by atoms with Gasteiger partial charge in [0.1, 0.15) is 5.54 Å². The second-order valence-corrected chi connectivity index (χ2v) is 8.71. The first-order valence-corrected chi connectivity index (χ1v) is 10.6. The van der Waals surface area contributed by atoms with Gasteiger partial charge in [0, 0.05) is 35.3 Å². The molecule has 3 aliphatic rings. The van der Waals surface area contributed by atoms with Gasteiger partial charge in [0.05, 0.1) is 11.8 Å². The fourth-order valence-electron chi connectivity index (χ4n) is 5.16. The van der Waals surface area contributed by atoms with Crippen LogP contribution in [0.1, 0.15) is 43.7 Å². The Balaban J connectivity index is 1.84. The van der Waals surface area contributed by atoms with Crippen molar-refractivity contribution in [1.29, 1.82) is 0 Å². The van der Waals surface area contributed by atoms with Crippen LogP contribution in [0.3, 0.4) is 0 Å². The van der Waals surface area contributed by atoms with E-state index in [2.05, 4.69) is 10.6 Å². The molecule has 3 amide bonds. The van der Waals surface area contributed by atoms with Crippen LogP contribution in [0.15, 0.2) is 12.1 Å². The van der Waals surface area contributed by atoms with Crippen molar-refractivity contribution in [1.82, 2.24) is 10.2 Å². The molecule has 0 radical (unpaired) electrons. The molecule has 1 aromatic rings. The Hall–Kier alpha value is -2.45. The highest BCUT2D eigenvalue weighted by atomic mass is 35.5. The summed E-state index contributed by atoms with van der Waals surface area (Å²) in [7, 11) is 0. The third-order valence-electron chi connectivity index (χ3n) is 6.48. The Morgan fingerprint density at radius 1 is 1.27 bits per heavy atom. The first-order valence-electron chi connectivity index (χ1n) is 10.2. The second-order valence-electron chi connectivity index (χ2n) is 8.28. The first kappa shape index (κ1) is 20.8. The van der Waals surface area contributed by atoms with Crippen LogP contribution in [-0.2, 0) is 24.7 Å². The van der Waals surface area contributed by atoms with Crippen molar-refractivity contribution in [2.75, 3.05) is 11.9 Å². The third kappa shape index (κ3) is 2.85. The van der Waals surface area contributed by atoms with Crippen molar-refractivity contribution in [3.63, 3.8) is 0 Å². The van der Waals surface area contributed by atoms with Gasteiger partial charge in [-0.1, -0.05) is 24.9 Å². The second kappa shape index (κ2) is 7.35. The molecule has 2 fully saturated rings. The molecule has 4 unspecified atom stereocenters. The molecule has 9 heteroatoms. The number of carbonyl (C=O) groups is 4. The Labute approximate surface area is 178 Å². The summed E-state index contributed by atoms with van der Waals surface area (Å²) < 4.78 is 0. The van der Waals surface area contributed by atoms with Gasteiger partial charge in [-0.25, -0.2) is 0 Å². The molecule has 0 aromatic heterocycles. The number of anilines is 1. The van der Waals surface area contributed by atoms with Crippen molar-refractivity contribution < 1.29 is 24.3 Å². The van der Waals surface area contributed by atoms with Gasteiger partial charge in [-0.3, -0.25) is 29.4 Å². The maximum Gasteiger partial charge on any atom is 0.303 e. The van der Waals surface area contributed by atoms with Gasteiger partial charge in [-0.15, -0.1) is 0 Å². The molecule has 4 rings (SSSR count). The molecule has 1 spiro atoms. The lowest BCUT2D eigenvalue weighted by atomic mass is 9.76. The highest BCUT2D eigenvalue weighted by Gasteiger charge is 2.70. The normalized spacial score (nSPS) is 29.5. The SMILES string of the molecule is CCCCN1C(=O)C2C(CCC(=O)O)NC3(C(=O)Nc4c(C)cc(Cl)cc43)C2C1=O. The number of hydrogen-bond acceptors (Lipinski definition) is 5. The van der Waals surface area contributed by atoms with E-state index >= 15 is 0 Å². The largest absolute Gasteiger partial charge is 0.481 e. The molecule has 0 saturated carbocycles. The number of halogens is 1. The topological polar surface area (TPSA) is 116 Å². The number of benzene rings is 1. The van der Waals surface area contributed by atoms with Gasteiger partial charge in [0.15, 0.2) is 0 Å². The fraction of sp³-hybridized carbons (Fsp3) is 0.524. The summed E-state index contributed by atoms with van der Waals surface area (Å²) in [6.45, 7) is 4.08. The van der Waals surface area contributed by atoms with E-state index in [1.54, 1.807) is 12.1 Å². The summed E-state index contributed by atoms with van der Waals surface area (Å²) in [5.41, 5.74) is 0.451. The summed E-state index contributed by atoms with van der Waals surface area (Å²) in [5, 5.41) is 15.7. The highest BCUT2D eigenvalue weighted by Crippen LogP contribution is 2.54. The molecule has 4 atom stereocenters. The number of carbonyl (C=O) groups excluding carboxylic acids is 3. The van der Waals surface area contributed by atoms with Crippen molar-refractivity contribution in [3.8, 4) is 0 Å². The van der Waals surface area contributed by atoms with E-state index in [9.17, 15) is 19.2 Å². The lowest BCUT2D eigenvalue weighted by molar-refractivity contribution is -0.143. The van der Waals surface area contributed by atoms with E-state index in [4.69, 9.17) is 16.7 Å². The summed E-state index contributed by atoms with van der Waals surface area (Å²) in [4.78, 5) is 52.3. The number of hydrogen-bond donors (Lipinski definition) is 3. The van der Waals surface area contributed by atoms with E-state index in [0.717, 1.165) is 12.0 Å². The predicted molar refractivity (Wildman–Crippen MR) is 109 cm³/mol. The lowest BCUT2D eigenvalue weighted by Gasteiger charge is -2.29. The number of amides is 3. The highest BCUT2D eigenvalue weighted by molar-refractivity contribution is 6.31. The lowest BCUT2D eigenvalue weighted by Crippen LogP contribution is -2.53. The number of fused-ring (bicyclic) bond motifs is 4. The fourth-order valence-corrected chi connectivity index (χ4v) is 5.43. The number of nitrogens with one attached hydrogen (secondary N) is 2. The smallest absolute Gasteiger partial charge is 0.303 e. The molecule has 3 N–H and O–H groups in total. The predicted octanol–water partition coefficient (Wildman–Crippen LogP) is 2.03. The van der Waals surface area contributed by atoms with Gasteiger partial charge in [-0.05, 0) is 37.5 Å². The van der Waals surface area contributed by atoms with Gasteiger partial charge >= 0.3 is 5.97 Å². The summed E-state index contributed by atoms with van der Waals surface area (Å²) in [6, 6.07) is 2.77. The Morgan fingerprint density at radius 3 is 2.67 bits per heavy atom. The third-order valence-corrected chi connectivity index (χ3v) is 6.70. The summed E-state index contributed by atoms with van der Waals surface area (Å²) >= 11 is 6.28. The number of likely N-dealkylation sites (tertiary alicyclic amines) is 1. The number of rotatable bonds is 6. The van der Waals surface area contributed by atoms with E-state index in [1.807, 2.05) is 13.8 Å². The van der Waals surface area contributed by atoms with Crippen molar-refractivity contribution in [2.45, 2.75) is 51.1 Å². The standard InChI is InChI=1S/C21H24ClN3O5/c1-3-4-7-25-18(28)15-13(5-6-14(26)27)24-21(16(15)19(25)29)12-9-11(22)8-10(2)17(12)23-20(21)30/h8-9,13,15-16,24H,3-7H2,1-2H3,(H,23,30)(H,26,27). The van der Waals surface area contributed by atoms with Crippen LogP contribution in [0, 0.1) is 18.8 Å². The van der Waals surface area contributed by atoms with Crippen LogP contribution in [0.2, 0.25) is 5.02 Å². The molecule has 3 heterocycles. The van der Waals surface area contributed by atoms with Gasteiger partial charge in [-0.2, -0.15) is 0 Å². The number of nitrogens with zero attached hydrogens (tertiary/aromatic N) is 1. The van der Waals surface area contributed by atoms with Crippen LogP contribution >= 0.6 is 11.6 Å². The molecule has 3 aliphatic heterocycles. The minimum absolute atomic E-state index is 0.140. The average Bonchev–Trinajstić information content (AvgIpc) is 3.25. The van der Waals surface area contributed by atoms with Gasteiger partial charge < -0.3 is 10.4 Å². The van der Waals surface area contributed by atoms with Crippen LogP contribution < -0.4 is 10.6 Å². The maximum atomic E-state index is 13.4. The number of carboxylic acids is 1. The monoisotopic (exact) mass is 433 g/mol. The molecule has 0 aliphatic carbocycles. The Bertz CT molecular complexity index is 964. The van der Waals surface area contributed by atoms with Crippen LogP contribution in [-0.4, -0.2) is 46.3 Å². The number of aliphatic carboxylic acids is 1.